The van der Waals surface area contributed by atoms with Gasteiger partial charge in [-0.05, 0) is 48.9 Å². The molecule has 0 fully saturated rings. The summed E-state index contributed by atoms with van der Waals surface area (Å²) in [5, 5.41) is 0. The van der Waals surface area contributed by atoms with Crippen molar-refractivity contribution in [3.8, 4) is 11.5 Å². The standard InChI is InChI=1S/C22H31O3P/c1-3-5-7-13-19-15-9-11-17-21(19)24-26(23)25-22-18-12-10-16-20(22)14-8-6-4-2/h9-12,15-18,23H,3-8,13-14H2,1-2H3. The quantitative estimate of drug-likeness (QED) is 0.327. The van der Waals surface area contributed by atoms with Gasteiger partial charge in [-0.25, -0.2) is 0 Å². The van der Waals surface area contributed by atoms with Gasteiger partial charge in [-0.1, -0.05) is 75.9 Å². The van der Waals surface area contributed by atoms with Crippen LogP contribution < -0.4 is 9.05 Å². The summed E-state index contributed by atoms with van der Waals surface area (Å²) in [6, 6.07) is 15.8. The van der Waals surface area contributed by atoms with Crippen LogP contribution in [0.4, 0.5) is 0 Å². The normalized spacial score (nSPS) is 10.9. The predicted octanol–water partition coefficient (Wildman–Crippen LogP) is 6.83. The molecule has 0 aliphatic rings. The maximum absolute atomic E-state index is 10.4. The van der Waals surface area contributed by atoms with Gasteiger partial charge in [-0.3, -0.25) is 0 Å². The molecule has 0 heterocycles. The van der Waals surface area contributed by atoms with Crippen molar-refractivity contribution in [3.05, 3.63) is 59.7 Å². The molecular formula is C22H31O3P. The van der Waals surface area contributed by atoms with E-state index in [1.54, 1.807) is 0 Å². The molecule has 0 saturated carbocycles. The molecule has 26 heavy (non-hydrogen) atoms. The van der Waals surface area contributed by atoms with Crippen molar-refractivity contribution in [2.24, 2.45) is 0 Å². The number of benzene rings is 2. The lowest BCUT2D eigenvalue weighted by atomic mass is 10.1. The largest absolute Gasteiger partial charge is 0.460 e. The summed E-state index contributed by atoms with van der Waals surface area (Å²) in [6.07, 6.45) is 8.94. The van der Waals surface area contributed by atoms with Crippen molar-refractivity contribution in [2.75, 3.05) is 0 Å². The Morgan fingerprint density at radius 1 is 0.692 bits per heavy atom. The van der Waals surface area contributed by atoms with Crippen LogP contribution in [0.1, 0.15) is 63.5 Å². The third kappa shape index (κ3) is 6.97. The van der Waals surface area contributed by atoms with Gasteiger partial charge >= 0.3 is 8.60 Å². The lowest BCUT2D eigenvalue weighted by Crippen LogP contribution is -2.00. The highest BCUT2D eigenvalue weighted by molar-refractivity contribution is 7.41. The van der Waals surface area contributed by atoms with Crippen molar-refractivity contribution in [2.45, 2.75) is 65.2 Å². The first-order chi connectivity index (χ1) is 12.7. The topological polar surface area (TPSA) is 38.7 Å². The molecule has 0 spiro atoms. The average Bonchev–Trinajstić information content (AvgIpc) is 2.65. The number of hydrogen-bond donors (Lipinski definition) is 1. The van der Waals surface area contributed by atoms with E-state index in [1.165, 1.54) is 25.7 Å². The summed E-state index contributed by atoms with van der Waals surface area (Å²) in [5.41, 5.74) is 2.25. The van der Waals surface area contributed by atoms with E-state index in [0.29, 0.717) is 0 Å². The molecule has 2 rings (SSSR count). The molecule has 0 aliphatic carbocycles. The molecule has 142 valence electrons. The van der Waals surface area contributed by atoms with Gasteiger partial charge < -0.3 is 13.9 Å². The zero-order valence-corrected chi connectivity index (χ0v) is 16.9. The molecule has 0 saturated heterocycles. The molecule has 0 radical (unpaired) electrons. The molecule has 2 aromatic carbocycles. The highest BCUT2D eigenvalue weighted by atomic mass is 31.2. The second kappa shape index (κ2) is 11.9. The van der Waals surface area contributed by atoms with Gasteiger partial charge in [0, 0.05) is 0 Å². The summed E-state index contributed by atoms with van der Waals surface area (Å²) in [4.78, 5) is 10.4. The number of unbranched alkanes of at least 4 members (excludes halogenated alkanes) is 4. The Morgan fingerprint density at radius 2 is 1.12 bits per heavy atom. The zero-order chi connectivity index (χ0) is 18.6. The van der Waals surface area contributed by atoms with E-state index in [9.17, 15) is 4.89 Å². The molecule has 0 amide bonds. The summed E-state index contributed by atoms with van der Waals surface area (Å²) in [5.74, 6) is 1.45. The van der Waals surface area contributed by atoms with E-state index in [4.69, 9.17) is 9.05 Å². The van der Waals surface area contributed by atoms with Crippen LogP contribution >= 0.6 is 8.60 Å². The van der Waals surface area contributed by atoms with Crippen molar-refractivity contribution in [1.82, 2.24) is 0 Å². The SMILES string of the molecule is CCCCCc1ccccc1OP(O)Oc1ccccc1CCCCC. The fourth-order valence-corrected chi connectivity index (χ4v) is 3.65. The van der Waals surface area contributed by atoms with Crippen molar-refractivity contribution in [1.29, 1.82) is 0 Å². The number of para-hydroxylation sites is 2. The van der Waals surface area contributed by atoms with Gasteiger partial charge in [0.05, 0.1) is 0 Å². The summed E-state index contributed by atoms with van der Waals surface area (Å²) < 4.78 is 11.5. The van der Waals surface area contributed by atoms with Crippen LogP contribution in [-0.4, -0.2) is 4.89 Å². The third-order valence-corrected chi connectivity index (χ3v) is 5.10. The second-order valence-corrected chi connectivity index (χ2v) is 7.39. The van der Waals surface area contributed by atoms with E-state index in [-0.39, 0.29) is 0 Å². The fourth-order valence-electron chi connectivity index (χ4n) is 2.92. The average molecular weight is 374 g/mol. The van der Waals surface area contributed by atoms with Gasteiger partial charge in [0.2, 0.25) is 0 Å². The van der Waals surface area contributed by atoms with Crippen LogP contribution in [0.5, 0.6) is 11.5 Å². The van der Waals surface area contributed by atoms with E-state index < -0.39 is 8.60 Å². The molecule has 0 aliphatic heterocycles. The molecule has 0 atom stereocenters. The minimum atomic E-state index is -2.00. The molecular weight excluding hydrogens is 343 g/mol. The number of rotatable bonds is 12. The third-order valence-electron chi connectivity index (χ3n) is 4.40. The van der Waals surface area contributed by atoms with Crippen LogP contribution in [0, 0.1) is 0 Å². The number of hydrogen-bond acceptors (Lipinski definition) is 3. The monoisotopic (exact) mass is 374 g/mol. The van der Waals surface area contributed by atoms with Crippen LogP contribution in [0.3, 0.4) is 0 Å². The Hall–Kier alpha value is -1.57. The lowest BCUT2D eigenvalue weighted by Gasteiger charge is -2.17. The first-order valence-corrected chi connectivity index (χ1v) is 10.9. The first kappa shape index (κ1) is 20.7. The lowest BCUT2D eigenvalue weighted by molar-refractivity contribution is 0.378. The van der Waals surface area contributed by atoms with Crippen molar-refractivity contribution < 1.29 is 13.9 Å². The van der Waals surface area contributed by atoms with Gasteiger partial charge in [-0.2, -0.15) is 0 Å². The smallest absolute Gasteiger partial charge is 0.418 e. The molecule has 1 N–H and O–H groups in total. The Bertz CT molecular complexity index is 589. The Labute approximate surface area is 159 Å². The van der Waals surface area contributed by atoms with Crippen LogP contribution in [0.25, 0.3) is 0 Å². The summed E-state index contributed by atoms with van der Waals surface area (Å²) >= 11 is 0. The maximum atomic E-state index is 10.4. The Morgan fingerprint density at radius 3 is 1.54 bits per heavy atom. The second-order valence-electron chi connectivity index (χ2n) is 6.55. The first-order valence-electron chi connectivity index (χ1n) is 9.75. The molecule has 3 nitrogen and oxygen atoms in total. The highest BCUT2D eigenvalue weighted by Gasteiger charge is 2.16. The summed E-state index contributed by atoms with van der Waals surface area (Å²) in [7, 11) is -2.00. The van der Waals surface area contributed by atoms with Crippen molar-refractivity contribution in [3.63, 3.8) is 0 Å². The highest BCUT2D eigenvalue weighted by Crippen LogP contribution is 2.39. The van der Waals surface area contributed by atoms with E-state index >= 15 is 0 Å². The predicted molar refractivity (Wildman–Crippen MR) is 110 cm³/mol. The van der Waals surface area contributed by atoms with Gasteiger partial charge in [0.25, 0.3) is 0 Å². The Kier molecular flexibility index (Phi) is 9.52. The minimum absolute atomic E-state index is 0.723. The Balaban J connectivity index is 1.98. The molecule has 4 heteroatoms. The summed E-state index contributed by atoms with van der Waals surface area (Å²) in [6.45, 7) is 4.39. The van der Waals surface area contributed by atoms with Crippen LogP contribution in [-0.2, 0) is 12.8 Å². The van der Waals surface area contributed by atoms with Crippen LogP contribution in [0.2, 0.25) is 0 Å². The molecule has 0 bridgehead atoms. The van der Waals surface area contributed by atoms with Crippen LogP contribution in [0.15, 0.2) is 48.5 Å². The van der Waals surface area contributed by atoms with E-state index in [0.717, 1.165) is 48.3 Å². The minimum Gasteiger partial charge on any atom is -0.418 e. The van der Waals surface area contributed by atoms with Gasteiger partial charge in [0.15, 0.2) is 0 Å². The number of aryl methyl sites for hydroxylation is 2. The van der Waals surface area contributed by atoms with Gasteiger partial charge in [-0.15, -0.1) is 0 Å². The maximum Gasteiger partial charge on any atom is 0.460 e. The molecule has 0 unspecified atom stereocenters. The fraction of sp³-hybridized carbons (Fsp3) is 0.455. The molecule has 0 aromatic heterocycles. The van der Waals surface area contributed by atoms with E-state index in [2.05, 4.69) is 26.0 Å². The van der Waals surface area contributed by atoms with Gasteiger partial charge in [0.1, 0.15) is 11.5 Å². The van der Waals surface area contributed by atoms with Crippen molar-refractivity contribution >= 4 is 8.60 Å². The molecule has 2 aromatic rings. The van der Waals surface area contributed by atoms with E-state index in [1.807, 2.05) is 36.4 Å². The zero-order valence-electron chi connectivity index (χ0n) is 16.0.